The minimum absolute atomic E-state index is 0.268. The number of amides is 3. The van der Waals surface area contributed by atoms with Crippen LogP contribution >= 0.6 is 0 Å². The van der Waals surface area contributed by atoms with Crippen molar-refractivity contribution in [3.8, 4) is 0 Å². The van der Waals surface area contributed by atoms with E-state index >= 15 is 0 Å². The molecule has 1 aromatic heterocycles. The van der Waals surface area contributed by atoms with E-state index in [-0.39, 0.29) is 18.5 Å². The summed E-state index contributed by atoms with van der Waals surface area (Å²) in [5, 5.41) is 1.07. The second kappa shape index (κ2) is 8.13. The minimum Gasteiger partial charge on any atom is -0.462 e. The molecule has 0 saturated carbocycles. The molecule has 3 amide bonds. The lowest BCUT2D eigenvalue weighted by Crippen LogP contribution is -2.44. The van der Waals surface area contributed by atoms with Crippen LogP contribution in [0.2, 0.25) is 0 Å². The highest BCUT2D eigenvalue weighted by molar-refractivity contribution is 6.22. The summed E-state index contributed by atoms with van der Waals surface area (Å²) in [5.41, 5.74) is 4.74. The lowest BCUT2D eigenvalue weighted by atomic mass is 9.89. The molecule has 35 heavy (non-hydrogen) atoms. The van der Waals surface area contributed by atoms with Gasteiger partial charge in [-0.05, 0) is 48.4 Å². The van der Waals surface area contributed by atoms with Gasteiger partial charge >= 0.3 is 12.0 Å². The SMILES string of the molecule is CCOC(=O)c1ccc(N2C(=O)[C@H]3Cc4c([nH]c5ccccc45)[C@H](c4ccccc4)N3C2=O)cc1. The van der Waals surface area contributed by atoms with Gasteiger partial charge in [-0.1, -0.05) is 48.5 Å². The van der Waals surface area contributed by atoms with Gasteiger partial charge < -0.3 is 9.72 Å². The third-order valence-corrected chi connectivity index (χ3v) is 6.80. The third-order valence-electron chi connectivity index (χ3n) is 6.80. The van der Waals surface area contributed by atoms with E-state index < -0.39 is 18.1 Å². The van der Waals surface area contributed by atoms with Crippen LogP contribution in [0, 0.1) is 0 Å². The zero-order valence-corrected chi connectivity index (χ0v) is 19.1. The fraction of sp³-hybridized carbons (Fsp3) is 0.179. The molecule has 6 rings (SSSR count). The lowest BCUT2D eigenvalue weighted by molar-refractivity contribution is -0.120. The molecule has 174 valence electrons. The summed E-state index contributed by atoms with van der Waals surface area (Å²) >= 11 is 0. The fourth-order valence-corrected chi connectivity index (χ4v) is 5.26. The summed E-state index contributed by atoms with van der Waals surface area (Å²) in [6, 6.07) is 22.8. The average Bonchev–Trinajstić information content (AvgIpc) is 3.38. The number of benzene rings is 3. The number of aromatic nitrogens is 1. The number of para-hydroxylation sites is 1. The van der Waals surface area contributed by atoms with Gasteiger partial charge in [0.15, 0.2) is 0 Å². The average molecular weight is 466 g/mol. The van der Waals surface area contributed by atoms with Crippen LogP contribution in [0.5, 0.6) is 0 Å². The number of rotatable bonds is 4. The number of carbonyl (C=O) groups is 3. The number of fused-ring (bicyclic) bond motifs is 4. The van der Waals surface area contributed by atoms with Crippen LogP contribution in [-0.4, -0.2) is 40.4 Å². The fourth-order valence-electron chi connectivity index (χ4n) is 5.26. The Bertz CT molecular complexity index is 1460. The first-order valence-electron chi connectivity index (χ1n) is 11.7. The van der Waals surface area contributed by atoms with Gasteiger partial charge in [0, 0.05) is 23.0 Å². The van der Waals surface area contributed by atoms with Crippen LogP contribution in [0.15, 0.2) is 78.9 Å². The summed E-state index contributed by atoms with van der Waals surface area (Å²) in [5.74, 6) is -0.708. The Morgan fingerprint density at radius 2 is 1.69 bits per heavy atom. The van der Waals surface area contributed by atoms with Crippen molar-refractivity contribution in [3.63, 3.8) is 0 Å². The molecule has 3 heterocycles. The maximum atomic E-state index is 13.8. The van der Waals surface area contributed by atoms with Gasteiger partial charge in [0.1, 0.15) is 12.1 Å². The molecular weight excluding hydrogens is 442 g/mol. The summed E-state index contributed by atoms with van der Waals surface area (Å²) in [6.07, 6.45) is 0.435. The van der Waals surface area contributed by atoms with Crippen molar-refractivity contribution in [1.82, 2.24) is 9.88 Å². The molecule has 7 heteroatoms. The van der Waals surface area contributed by atoms with Gasteiger partial charge in [-0.2, -0.15) is 0 Å². The maximum Gasteiger partial charge on any atom is 0.338 e. The van der Waals surface area contributed by atoms with E-state index in [4.69, 9.17) is 4.74 Å². The zero-order chi connectivity index (χ0) is 24.1. The Hall–Kier alpha value is -4.39. The van der Waals surface area contributed by atoms with Gasteiger partial charge in [0.05, 0.1) is 17.9 Å². The van der Waals surface area contributed by atoms with E-state index in [1.807, 2.05) is 48.5 Å². The van der Waals surface area contributed by atoms with Crippen LogP contribution in [0.1, 0.15) is 40.1 Å². The number of esters is 1. The Kier molecular flexibility index (Phi) is 4.91. The van der Waals surface area contributed by atoms with Crippen LogP contribution < -0.4 is 4.90 Å². The molecular formula is C28H23N3O4. The second-order valence-electron chi connectivity index (χ2n) is 8.73. The molecule has 0 bridgehead atoms. The molecule has 7 nitrogen and oxygen atoms in total. The molecule has 0 spiro atoms. The smallest absolute Gasteiger partial charge is 0.338 e. The number of hydrogen-bond donors (Lipinski definition) is 1. The molecule has 2 aliphatic heterocycles. The number of urea groups is 1. The van der Waals surface area contributed by atoms with E-state index in [1.165, 1.54) is 4.90 Å². The van der Waals surface area contributed by atoms with Gasteiger partial charge in [-0.25, -0.2) is 14.5 Å². The molecule has 1 saturated heterocycles. The molecule has 2 aliphatic rings. The van der Waals surface area contributed by atoms with Gasteiger partial charge in [-0.15, -0.1) is 0 Å². The first-order chi connectivity index (χ1) is 17.1. The molecule has 1 fully saturated rings. The number of nitrogens with zero attached hydrogens (tertiary/aromatic N) is 2. The number of aromatic amines is 1. The highest BCUT2D eigenvalue weighted by Crippen LogP contribution is 2.44. The van der Waals surface area contributed by atoms with Crippen molar-refractivity contribution in [1.29, 1.82) is 0 Å². The Labute approximate surface area is 201 Å². The number of nitrogens with one attached hydrogen (secondary N) is 1. The standard InChI is InChI=1S/C28H23N3O4/c1-2-35-27(33)18-12-14-19(15-13-18)30-26(32)23-16-21-20-10-6-7-11-22(20)29-24(21)25(31(23)28(30)34)17-8-4-3-5-9-17/h3-15,23,25,29H,2,16H2,1H3/t23-,25+/m1/s1. The number of carbonyl (C=O) groups excluding carboxylic acids is 3. The van der Waals surface area contributed by atoms with E-state index in [1.54, 1.807) is 36.1 Å². The van der Waals surface area contributed by atoms with Crippen LogP contribution in [0.4, 0.5) is 10.5 Å². The van der Waals surface area contributed by atoms with Crippen molar-refractivity contribution in [2.75, 3.05) is 11.5 Å². The Morgan fingerprint density at radius 1 is 0.971 bits per heavy atom. The first kappa shape index (κ1) is 21.2. The van der Waals surface area contributed by atoms with Crippen molar-refractivity contribution in [3.05, 3.63) is 101 Å². The van der Waals surface area contributed by atoms with Crippen LogP contribution in [-0.2, 0) is 16.0 Å². The van der Waals surface area contributed by atoms with E-state index in [0.717, 1.165) is 27.7 Å². The normalized spacial score (nSPS) is 19.1. The van der Waals surface area contributed by atoms with Crippen LogP contribution in [0.25, 0.3) is 10.9 Å². The molecule has 0 aliphatic carbocycles. The van der Waals surface area contributed by atoms with Crippen LogP contribution in [0.3, 0.4) is 0 Å². The van der Waals surface area contributed by atoms with Gasteiger partial charge in [0.25, 0.3) is 5.91 Å². The van der Waals surface area contributed by atoms with Crippen molar-refractivity contribution in [2.45, 2.75) is 25.4 Å². The summed E-state index contributed by atoms with van der Waals surface area (Å²) < 4.78 is 5.04. The summed E-state index contributed by atoms with van der Waals surface area (Å²) in [4.78, 5) is 46.0. The molecule has 1 N–H and O–H groups in total. The number of ether oxygens (including phenoxy) is 1. The molecule has 0 radical (unpaired) electrons. The molecule has 4 aromatic rings. The van der Waals surface area contributed by atoms with Gasteiger partial charge in [0.2, 0.25) is 0 Å². The first-order valence-corrected chi connectivity index (χ1v) is 11.7. The zero-order valence-electron chi connectivity index (χ0n) is 19.1. The predicted molar refractivity (Wildman–Crippen MR) is 131 cm³/mol. The van der Waals surface area contributed by atoms with Crippen molar-refractivity contribution < 1.29 is 19.1 Å². The largest absolute Gasteiger partial charge is 0.462 e. The van der Waals surface area contributed by atoms with Crippen molar-refractivity contribution >= 4 is 34.5 Å². The Balaban J connectivity index is 1.44. The van der Waals surface area contributed by atoms with E-state index in [9.17, 15) is 14.4 Å². The third kappa shape index (κ3) is 3.23. The Morgan fingerprint density at radius 3 is 2.43 bits per heavy atom. The maximum absolute atomic E-state index is 13.8. The monoisotopic (exact) mass is 465 g/mol. The second-order valence-corrected chi connectivity index (χ2v) is 8.73. The summed E-state index contributed by atoms with van der Waals surface area (Å²) in [7, 11) is 0. The van der Waals surface area contributed by atoms with Crippen molar-refractivity contribution in [2.24, 2.45) is 0 Å². The lowest BCUT2D eigenvalue weighted by Gasteiger charge is -2.36. The molecule has 3 aromatic carbocycles. The minimum atomic E-state index is -0.621. The van der Waals surface area contributed by atoms with E-state index in [0.29, 0.717) is 17.7 Å². The number of imide groups is 1. The molecule has 2 atom stereocenters. The van der Waals surface area contributed by atoms with E-state index in [2.05, 4.69) is 11.1 Å². The molecule has 0 unspecified atom stereocenters. The highest BCUT2D eigenvalue weighted by Gasteiger charge is 2.53. The topological polar surface area (TPSA) is 82.7 Å². The number of H-pyrrole nitrogens is 1. The number of anilines is 1. The van der Waals surface area contributed by atoms with Gasteiger partial charge in [-0.3, -0.25) is 9.69 Å². The predicted octanol–water partition coefficient (Wildman–Crippen LogP) is 4.83. The number of hydrogen-bond acceptors (Lipinski definition) is 4. The quantitative estimate of drug-likeness (QED) is 0.346. The summed E-state index contributed by atoms with van der Waals surface area (Å²) in [6.45, 7) is 2.02. The highest BCUT2D eigenvalue weighted by atomic mass is 16.5.